The van der Waals surface area contributed by atoms with Crippen molar-refractivity contribution in [1.82, 2.24) is 10.2 Å². The summed E-state index contributed by atoms with van der Waals surface area (Å²) in [5.41, 5.74) is 1.57. The fourth-order valence-electron chi connectivity index (χ4n) is 2.45. The molecule has 2 aromatic rings. The normalized spacial score (nSPS) is 12.5. The van der Waals surface area contributed by atoms with Gasteiger partial charge in [-0.25, -0.2) is 4.39 Å². The molecule has 5 heteroatoms. The lowest BCUT2D eigenvalue weighted by Crippen LogP contribution is -2.34. The topological polar surface area (TPSA) is 32.3 Å². The number of carbonyl (C=O) groups excluding carboxylic acids is 1. The Morgan fingerprint density at radius 3 is 2.59 bits per heavy atom. The second kappa shape index (κ2) is 7.03. The average molecular weight is 320 g/mol. The minimum absolute atomic E-state index is 0.0697. The maximum Gasteiger partial charge on any atom is 0.252 e. The van der Waals surface area contributed by atoms with Crippen molar-refractivity contribution in [2.75, 3.05) is 20.6 Å². The highest BCUT2D eigenvalue weighted by Gasteiger charge is 2.18. The molecule has 1 atom stereocenters. The molecule has 1 heterocycles. The van der Waals surface area contributed by atoms with Gasteiger partial charge in [-0.15, -0.1) is 11.3 Å². The summed E-state index contributed by atoms with van der Waals surface area (Å²) in [5, 5.41) is 2.96. The van der Waals surface area contributed by atoms with Crippen LogP contribution in [0.25, 0.3) is 0 Å². The van der Waals surface area contributed by atoms with Crippen molar-refractivity contribution >= 4 is 17.2 Å². The summed E-state index contributed by atoms with van der Waals surface area (Å²) in [6, 6.07) is 8.33. The molecule has 22 heavy (non-hydrogen) atoms. The molecule has 0 aliphatic rings. The molecule has 0 spiro atoms. The van der Waals surface area contributed by atoms with Gasteiger partial charge in [0.2, 0.25) is 0 Å². The molecule has 0 saturated heterocycles. The molecule has 0 bridgehead atoms. The van der Waals surface area contributed by atoms with Crippen LogP contribution < -0.4 is 5.32 Å². The highest BCUT2D eigenvalue weighted by molar-refractivity contribution is 7.12. The van der Waals surface area contributed by atoms with Gasteiger partial charge in [-0.05, 0) is 51.7 Å². The van der Waals surface area contributed by atoms with Gasteiger partial charge in [0, 0.05) is 16.3 Å². The predicted octanol–water partition coefficient (Wildman–Crippen LogP) is 3.54. The lowest BCUT2D eigenvalue weighted by Gasteiger charge is -2.25. The number of nitrogens with zero attached hydrogens (tertiary/aromatic N) is 1. The van der Waals surface area contributed by atoms with E-state index in [4.69, 9.17) is 0 Å². The molecule has 1 aromatic carbocycles. The van der Waals surface area contributed by atoms with E-state index >= 15 is 0 Å². The number of aryl methyl sites for hydroxylation is 2. The Kier molecular flexibility index (Phi) is 5.32. The molecule has 1 unspecified atom stereocenters. The minimum atomic E-state index is -0.264. The molecule has 118 valence electrons. The minimum Gasteiger partial charge on any atom is -0.350 e. The predicted molar refractivity (Wildman–Crippen MR) is 89.0 cm³/mol. The van der Waals surface area contributed by atoms with E-state index in [1.807, 2.05) is 45.0 Å². The summed E-state index contributed by atoms with van der Waals surface area (Å²) in [4.78, 5) is 16.4. The molecular weight excluding hydrogens is 299 g/mol. The quantitative estimate of drug-likeness (QED) is 0.914. The summed E-state index contributed by atoms with van der Waals surface area (Å²) >= 11 is 1.62. The molecule has 0 aliphatic carbocycles. The fraction of sp³-hybridized carbons (Fsp3) is 0.353. The molecule has 1 aromatic heterocycles. The second-order valence-corrected chi connectivity index (χ2v) is 7.03. The van der Waals surface area contributed by atoms with E-state index in [0.717, 1.165) is 20.9 Å². The van der Waals surface area contributed by atoms with Crippen LogP contribution >= 0.6 is 11.3 Å². The average Bonchev–Trinajstić information content (AvgIpc) is 2.77. The summed E-state index contributed by atoms with van der Waals surface area (Å²) in [5.74, 6) is -0.343. The molecular formula is C17H21FN2OS. The van der Waals surface area contributed by atoms with E-state index in [2.05, 4.69) is 5.32 Å². The SMILES string of the molecule is Cc1cc(C(=O)NCC(c2cccc(F)c2)N(C)C)c(C)s1. The van der Waals surface area contributed by atoms with Crippen LogP contribution in [0.2, 0.25) is 0 Å². The van der Waals surface area contributed by atoms with Crippen LogP contribution in [-0.4, -0.2) is 31.4 Å². The van der Waals surface area contributed by atoms with Crippen molar-refractivity contribution in [1.29, 1.82) is 0 Å². The van der Waals surface area contributed by atoms with Crippen molar-refractivity contribution in [3.05, 3.63) is 57.0 Å². The Hall–Kier alpha value is -1.72. The van der Waals surface area contributed by atoms with E-state index in [9.17, 15) is 9.18 Å². The monoisotopic (exact) mass is 320 g/mol. The third kappa shape index (κ3) is 3.93. The molecule has 1 amide bonds. The zero-order valence-corrected chi connectivity index (χ0v) is 14.1. The Balaban J connectivity index is 2.09. The number of thiophene rings is 1. The van der Waals surface area contributed by atoms with Crippen LogP contribution in [0.1, 0.15) is 31.7 Å². The Morgan fingerprint density at radius 1 is 1.32 bits per heavy atom. The fourth-order valence-corrected chi connectivity index (χ4v) is 3.37. The van der Waals surface area contributed by atoms with Gasteiger partial charge in [0.1, 0.15) is 5.82 Å². The van der Waals surface area contributed by atoms with E-state index in [1.165, 1.54) is 12.1 Å². The number of carbonyl (C=O) groups is 1. The number of likely N-dealkylation sites (N-methyl/N-ethyl adjacent to an activating group) is 1. The van der Waals surface area contributed by atoms with Crippen LogP contribution in [0.5, 0.6) is 0 Å². The van der Waals surface area contributed by atoms with Gasteiger partial charge in [-0.2, -0.15) is 0 Å². The second-order valence-electron chi connectivity index (χ2n) is 5.57. The summed E-state index contributed by atoms with van der Waals surface area (Å²) in [7, 11) is 3.84. The van der Waals surface area contributed by atoms with E-state index < -0.39 is 0 Å². The van der Waals surface area contributed by atoms with Crippen LogP contribution in [0.3, 0.4) is 0 Å². The van der Waals surface area contributed by atoms with Crippen molar-refractivity contribution in [2.24, 2.45) is 0 Å². The van der Waals surface area contributed by atoms with Gasteiger partial charge in [0.15, 0.2) is 0 Å². The zero-order chi connectivity index (χ0) is 16.3. The molecule has 0 fully saturated rings. The zero-order valence-electron chi connectivity index (χ0n) is 13.3. The van der Waals surface area contributed by atoms with Crippen LogP contribution in [-0.2, 0) is 0 Å². The Morgan fingerprint density at radius 2 is 2.05 bits per heavy atom. The summed E-state index contributed by atoms with van der Waals surface area (Å²) in [6.07, 6.45) is 0. The maximum absolute atomic E-state index is 13.4. The summed E-state index contributed by atoms with van der Waals surface area (Å²) in [6.45, 7) is 4.37. The maximum atomic E-state index is 13.4. The molecule has 2 rings (SSSR count). The molecule has 0 aliphatic heterocycles. The van der Waals surface area contributed by atoms with Crippen molar-refractivity contribution in [2.45, 2.75) is 19.9 Å². The number of amides is 1. The smallest absolute Gasteiger partial charge is 0.252 e. The van der Waals surface area contributed by atoms with Crippen LogP contribution in [0, 0.1) is 19.7 Å². The van der Waals surface area contributed by atoms with Crippen molar-refractivity contribution in [3.63, 3.8) is 0 Å². The van der Waals surface area contributed by atoms with Crippen molar-refractivity contribution < 1.29 is 9.18 Å². The number of hydrogen-bond acceptors (Lipinski definition) is 3. The highest BCUT2D eigenvalue weighted by Crippen LogP contribution is 2.21. The van der Waals surface area contributed by atoms with E-state index in [0.29, 0.717) is 6.54 Å². The van der Waals surface area contributed by atoms with Gasteiger partial charge in [0.25, 0.3) is 5.91 Å². The van der Waals surface area contributed by atoms with Crippen LogP contribution in [0.15, 0.2) is 30.3 Å². The van der Waals surface area contributed by atoms with E-state index in [1.54, 1.807) is 17.4 Å². The Bertz CT molecular complexity index is 666. The third-order valence-corrected chi connectivity index (χ3v) is 4.56. The lowest BCUT2D eigenvalue weighted by atomic mass is 10.1. The molecule has 0 saturated carbocycles. The number of benzene rings is 1. The van der Waals surface area contributed by atoms with Crippen LogP contribution in [0.4, 0.5) is 4.39 Å². The summed E-state index contributed by atoms with van der Waals surface area (Å²) < 4.78 is 13.4. The van der Waals surface area contributed by atoms with Gasteiger partial charge < -0.3 is 10.2 Å². The number of hydrogen-bond donors (Lipinski definition) is 1. The largest absolute Gasteiger partial charge is 0.350 e. The first kappa shape index (κ1) is 16.6. The number of halogens is 1. The molecule has 3 nitrogen and oxygen atoms in total. The highest BCUT2D eigenvalue weighted by atomic mass is 32.1. The number of nitrogens with one attached hydrogen (secondary N) is 1. The standard InChI is InChI=1S/C17H21FN2OS/c1-11-8-15(12(2)22-11)17(21)19-10-16(20(3)4)13-6-5-7-14(18)9-13/h5-9,16H,10H2,1-4H3,(H,19,21). The van der Waals surface area contributed by atoms with Gasteiger partial charge in [-0.3, -0.25) is 4.79 Å². The van der Waals surface area contributed by atoms with E-state index in [-0.39, 0.29) is 17.8 Å². The van der Waals surface area contributed by atoms with Gasteiger partial charge in [-0.1, -0.05) is 12.1 Å². The Labute approximate surface area is 134 Å². The van der Waals surface area contributed by atoms with Gasteiger partial charge in [0.05, 0.1) is 11.6 Å². The van der Waals surface area contributed by atoms with Crippen molar-refractivity contribution in [3.8, 4) is 0 Å². The molecule has 1 N–H and O–H groups in total. The lowest BCUT2D eigenvalue weighted by molar-refractivity contribution is 0.0942. The first-order valence-corrected chi connectivity index (χ1v) is 7.97. The molecule has 0 radical (unpaired) electrons. The third-order valence-electron chi connectivity index (χ3n) is 3.60. The van der Waals surface area contributed by atoms with Gasteiger partial charge >= 0.3 is 0 Å². The first-order chi connectivity index (χ1) is 10.4. The number of rotatable bonds is 5. The first-order valence-electron chi connectivity index (χ1n) is 7.15.